The predicted molar refractivity (Wildman–Crippen MR) is 96.6 cm³/mol. The first-order chi connectivity index (χ1) is 12.2. The summed E-state index contributed by atoms with van der Waals surface area (Å²) in [6, 6.07) is 11.7. The van der Waals surface area contributed by atoms with Crippen LogP contribution in [0.15, 0.2) is 47.1 Å². The topological polar surface area (TPSA) is 54.7 Å². The van der Waals surface area contributed by atoms with Gasteiger partial charge in [-0.05, 0) is 57.1 Å². The van der Waals surface area contributed by atoms with E-state index in [1.807, 2.05) is 43.3 Å². The molecule has 2 heterocycles. The Morgan fingerprint density at radius 2 is 1.96 bits per heavy atom. The second kappa shape index (κ2) is 8.72. The fraction of sp³-hybridized carbons (Fsp3) is 0.450. The van der Waals surface area contributed by atoms with E-state index in [9.17, 15) is 4.79 Å². The van der Waals surface area contributed by atoms with Crippen molar-refractivity contribution in [1.82, 2.24) is 10.2 Å². The Bertz CT molecular complexity index is 646. The van der Waals surface area contributed by atoms with E-state index in [0.29, 0.717) is 12.3 Å². The van der Waals surface area contributed by atoms with Crippen LogP contribution < -0.4 is 10.1 Å². The van der Waals surface area contributed by atoms with Gasteiger partial charge in [0, 0.05) is 6.54 Å². The first-order valence-corrected chi connectivity index (χ1v) is 8.96. The number of aryl methyl sites for hydroxylation is 1. The molecule has 2 aromatic rings. The van der Waals surface area contributed by atoms with E-state index in [0.717, 1.165) is 18.8 Å². The van der Waals surface area contributed by atoms with Gasteiger partial charge in [0.1, 0.15) is 11.5 Å². The highest BCUT2D eigenvalue weighted by atomic mass is 16.5. The fourth-order valence-corrected chi connectivity index (χ4v) is 3.17. The molecule has 1 saturated heterocycles. The van der Waals surface area contributed by atoms with E-state index in [-0.39, 0.29) is 18.6 Å². The summed E-state index contributed by atoms with van der Waals surface area (Å²) < 4.78 is 11.1. The normalized spacial score (nSPS) is 16.4. The third-order valence-corrected chi connectivity index (χ3v) is 4.59. The van der Waals surface area contributed by atoms with Crippen molar-refractivity contribution in [2.75, 3.05) is 26.2 Å². The number of nitrogens with zero attached hydrogens (tertiary/aromatic N) is 1. The Labute approximate surface area is 149 Å². The molecule has 25 heavy (non-hydrogen) atoms. The van der Waals surface area contributed by atoms with Gasteiger partial charge in [0.2, 0.25) is 0 Å². The number of carbonyl (C=O) groups excluding carboxylic acids is 1. The van der Waals surface area contributed by atoms with Crippen LogP contribution in [0.3, 0.4) is 0 Å². The smallest absolute Gasteiger partial charge is 0.258 e. The lowest BCUT2D eigenvalue weighted by atomic mass is 10.1. The van der Waals surface area contributed by atoms with Crippen molar-refractivity contribution in [2.24, 2.45) is 0 Å². The summed E-state index contributed by atoms with van der Waals surface area (Å²) in [7, 11) is 0. The summed E-state index contributed by atoms with van der Waals surface area (Å²) >= 11 is 0. The number of likely N-dealkylation sites (tertiary alicyclic amines) is 1. The molecule has 1 aliphatic rings. The average molecular weight is 342 g/mol. The molecule has 1 N–H and O–H groups in total. The summed E-state index contributed by atoms with van der Waals surface area (Å²) in [5.74, 6) is 1.50. The molecule has 1 unspecified atom stereocenters. The molecule has 1 aliphatic heterocycles. The monoisotopic (exact) mass is 342 g/mol. The molecule has 0 bridgehead atoms. The van der Waals surface area contributed by atoms with E-state index < -0.39 is 0 Å². The number of piperidine rings is 1. The van der Waals surface area contributed by atoms with Gasteiger partial charge < -0.3 is 14.5 Å². The lowest BCUT2D eigenvalue weighted by Crippen LogP contribution is -2.41. The van der Waals surface area contributed by atoms with E-state index in [2.05, 4.69) is 10.2 Å². The van der Waals surface area contributed by atoms with Crippen LogP contribution in [-0.2, 0) is 4.79 Å². The molecule has 134 valence electrons. The van der Waals surface area contributed by atoms with E-state index in [1.165, 1.54) is 24.8 Å². The van der Waals surface area contributed by atoms with Gasteiger partial charge in [0.25, 0.3) is 5.91 Å². The Hall–Kier alpha value is -2.27. The largest absolute Gasteiger partial charge is 0.484 e. The molecule has 1 aromatic carbocycles. The quantitative estimate of drug-likeness (QED) is 0.839. The van der Waals surface area contributed by atoms with Crippen LogP contribution in [-0.4, -0.2) is 37.0 Å². The summed E-state index contributed by atoms with van der Waals surface area (Å²) in [4.78, 5) is 14.5. The minimum absolute atomic E-state index is 0.0218. The van der Waals surface area contributed by atoms with Crippen molar-refractivity contribution in [3.63, 3.8) is 0 Å². The van der Waals surface area contributed by atoms with Gasteiger partial charge in [-0.3, -0.25) is 9.69 Å². The Morgan fingerprint density at radius 1 is 1.20 bits per heavy atom. The van der Waals surface area contributed by atoms with Gasteiger partial charge >= 0.3 is 0 Å². The van der Waals surface area contributed by atoms with Crippen molar-refractivity contribution in [2.45, 2.75) is 32.2 Å². The molecule has 0 spiro atoms. The van der Waals surface area contributed by atoms with Crippen molar-refractivity contribution in [3.05, 3.63) is 54.0 Å². The van der Waals surface area contributed by atoms with Crippen molar-refractivity contribution in [3.8, 4) is 5.75 Å². The number of nitrogens with one attached hydrogen (secondary N) is 1. The van der Waals surface area contributed by atoms with E-state index in [4.69, 9.17) is 9.15 Å². The zero-order valence-electron chi connectivity index (χ0n) is 14.7. The molecule has 1 aromatic heterocycles. The molecular weight excluding hydrogens is 316 g/mol. The Balaban J connectivity index is 1.51. The van der Waals surface area contributed by atoms with E-state index >= 15 is 0 Å². The third kappa shape index (κ3) is 5.10. The van der Waals surface area contributed by atoms with Gasteiger partial charge in [-0.1, -0.05) is 24.1 Å². The minimum atomic E-state index is -0.117. The number of carbonyl (C=O) groups is 1. The molecule has 1 amide bonds. The van der Waals surface area contributed by atoms with Crippen LogP contribution >= 0.6 is 0 Å². The van der Waals surface area contributed by atoms with Crippen molar-refractivity contribution in [1.29, 1.82) is 0 Å². The molecule has 5 heteroatoms. The number of ether oxygens (including phenoxy) is 1. The van der Waals surface area contributed by atoms with Gasteiger partial charge in [-0.25, -0.2) is 0 Å². The van der Waals surface area contributed by atoms with Crippen LogP contribution in [0.2, 0.25) is 0 Å². The maximum Gasteiger partial charge on any atom is 0.258 e. The highest BCUT2D eigenvalue weighted by Crippen LogP contribution is 2.24. The average Bonchev–Trinajstić information content (AvgIpc) is 3.17. The fourth-order valence-electron chi connectivity index (χ4n) is 3.17. The summed E-state index contributed by atoms with van der Waals surface area (Å²) in [5, 5.41) is 2.98. The Kier molecular flexibility index (Phi) is 6.12. The maximum atomic E-state index is 12.2. The second-order valence-electron chi connectivity index (χ2n) is 6.53. The number of amides is 1. The Morgan fingerprint density at radius 3 is 2.64 bits per heavy atom. The van der Waals surface area contributed by atoms with Crippen LogP contribution in [0, 0.1) is 6.92 Å². The number of benzene rings is 1. The molecule has 3 rings (SSSR count). The zero-order valence-corrected chi connectivity index (χ0v) is 14.7. The first-order valence-electron chi connectivity index (χ1n) is 8.96. The standard InChI is InChI=1S/C20H26N2O3/c1-16-7-9-17(10-8-16)25-15-20(23)21-14-18(19-6-5-13-24-19)22-11-3-2-4-12-22/h5-10,13,18H,2-4,11-12,14-15H2,1H3,(H,21,23). The summed E-state index contributed by atoms with van der Waals surface area (Å²) in [5.41, 5.74) is 1.17. The van der Waals surface area contributed by atoms with Crippen molar-refractivity contribution < 1.29 is 13.9 Å². The summed E-state index contributed by atoms with van der Waals surface area (Å²) in [6.45, 7) is 4.66. The molecular formula is C20H26N2O3. The van der Waals surface area contributed by atoms with Crippen LogP contribution in [0.4, 0.5) is 0 Å². The van der Waals surface area contributed by atoms with Gasteiger partial charge in [0.15, 0.2) is 6.61 Å². The van der Waals surface area contributed by atoms with Gasteiger partial charge in [-0.2, -0.15) is 0 Å². The molecule has 5 nitrogen and oxygen atoms in total. The maximum absolute atomic E-state index is 12.2. The highest BCUT2D eigenvalue weighted by Gasteiger charge is 2.24. The lowest BCUT2D eigenvalue weighted by Gasteiger charge is -2.33. The SMILES string of the molecule is Cc1ccc(OCC(=O)NCC(c2ccco2)N2CCCCC2)cc1. The summed E-state index contributed by atoms with van der Waals surface area (Å²) in [6.07, 6.45) is 5.36. The lowest BCUT2D eigenvalue weighted by molar-refractivity contribution is -0.123. The molecule has 0 saturated carbocycles. The number of furan rings is 1. The first kappa shape index (κ1) is 17.5. The molecule has 0 radical (unpaired) electrons. The predicted octanol–water partition coefficient (Wildman–Crippen LogP) is 3.31. The van der Waals surface area contributed by atoms with Gasteiger partial charge in [0.05, 0.1) is 12.3 Å². The second-order valence-corrected chi connectivity index (χ2v) is 6.53. The molecule has 1 atom stereocenters. The zero-order chi connectivity index (χ0) is 17.5. The number of rotatable bonds is 7. The number of hydrogen-bond acceptors (Lipinski definition) is 4. The van der Waals surface area contributed by atoms with E-state index in [1.54, 1.807) is 6.26 Å². The molecule has 1 fully saturated rings. The van der Waals surface area contributed by atoms with Crippen LogP contribution in [0.25, 0.3) is 0 Å². The number of hydrogen-bond donors (Lipinski definition) is 1. The third-order valence-electron chi connectivity index (χ3n) is 4.59. The van der Waals surface area contributed by atoms with Gasteiger partial charge in [-0.15, -0.1) is 0 Å². The van der Waals surface area contributed by atoms with Crippen LogP contribution in [0.1, 0.15) is 36.6 Å². The molecule has 0 aliphatic carbocycles. The van der Waals surface area contributed by atoms with Crippen LogP contribution in [0.5, 0.6) is 5.75 Å². The van der Waals surface area contributed by atoms with Crippen molar-refractivity contribution >= 4 is 5.91 Å². The minimum Gasteiger partial charge on any atom is -0.484 e. The highest BCUT2D eigenvalue weighted by molar-refractivity contribution is 5.77.